The molecular formula is C22H47N. The fraction of sp³-hybridized carbons (Fsp3) is 1.00. The van der Waals surface area contributed by atoms with Crippen LogP contribution in [0.2, 0.25) is 0 Å². The average Bonchev–Trinajstić information content (AvgIpc) is 2.50. The van der Waals surface area contributed by atoms with Gasteiger partial charge in [0.15, 0.2) is 0 Å². The number of hydrogen-bond donors (Lipinski definition) is 0. The molecule has 0 saturated carbocycles. The van der Waals surface area contributed by atoms with Crippen LogP contribution in [0, 0.1) is 0 Å². The van der Waals surface area contributed by atoms with Gasteiger partial charge >= 0.3 is 0 Å². The molecule has 0 radical (unpaired) electrons. The highest BCUT2D eigenvalue weighted by molar-refractivity contribution is 4.67. The molecule has 0 rings (SSSR count). The van der Waals surface area contributed by atoms with E-state index < -0.39 is 0 Å². The van der Waals surface area contributed by atoms with E-state index in [1.807, 2.05) is 0 Å². The van der Waals surface area contributed by atoms with Crippen LogP contribution >= 0.6 is 0 Å². The molecule has 0 amide bonds. The molecule has 23 heavy (non-hydrogen) atoms. The van der Waals surface area contributed by atoms with Crippen LogP contribution in [0.5, 0.6) is 0 Å². The van der Waals surface area contributed by atoms with Gasteiger partial charge in [0.2, 0.25) is 0 Å². The summed E-state index contributed by atoms with van der Waals surface area (Å²) in [6, 6.07) is 1.38. The second kappa shape index (κ2) is 16.8. The van der Waals surface area contributed by atoms with Gasteiger partial charge in [-0.15, -0.1) is 0 Å². The van der Waals surface area contributed by atoms with E-state index in [1.54, 1.807) is 0 Å². The van der Waals surface area contributed by atoms with Gasteiger partial charge in [0.25, 0.3) is 0 Å². The van der Waals surface area contributed by atoms with Gasteiger partial charge in [0, 0.05) is 12.1 Å². The Labute approximate surface area is 148 Å². The molecular weight excluding hydrogens is 278 g/mol. The van der Waals surface area contributed by atoms with Gasteiger partial charge in [0.05, 0.1) is 0 Å². The average molecular weight is 326 g/mol. The molecule has 0 bridgehead atoms. The third-order valence-corrected chi connectivity index (χ3v) is 5.10. The van der Waals surface area contributed by atoms with Crippen LogP contribution in [-0.4, -0.2) is 23.5 Å². The Morgan fingerprint density at radius 1 is 0.478 bits per heavy atom. The third kappa shape index (κ3) is 15.2. The van der Waals surface area contributed by atoms with Crippen molar-refractivity contribution in [2.75, 3.05) is 6.54 Å². The highest BCUT2D eigenvalue weighted by Gasteiger charge is 2.11. The summed E-state index contributed by atoms with van der Waals surface area (Å²) < 4.78 is 0. The zero-order valence-electron chi connectivity index (χ0n) is 17.2. The summed E-state index contributed by atoms with van der Waals surface area (Å²) in [6.45, 7) is 12.9. The van der Waals surface area contributed by atoms with Crippen molar-refractivity contribution in [2.45, 2.75) is 137 Å². The van der Waals surface area contributed by atoms with Crippen molar-refractivity contribution >= 4 is 0 Å². The van der Waals surface area contributed by atoms with E-state index in [2.05, 4.69) is 39.5 Å². The van der Waals surface area contributed by atoms with Crippen molar-refractivity contribution < 1.29 is 0 Å². The molecule has 0 aromatic heterocycles. The van der Waals surface area contributed by atoms with Gasteiger partial charge in [-0.05, 0) is 40.7 Å². The lowest BCUT2D eigenvalue weighted by atomic mass is 10.0. The van der Waals surface area contributed by atoms with Crippen molar-refractivity contribution in [3.05, 3.63) is 0 Å². The second-order valence-corrected chi connectivity index (χ2v) is 8.02. The fourth-order valence-corrected chi connectivity index (χ4v) is 3.60. The summed E-state index contributed by atoms with van der Waals surface area (Å²) in [5, 5.41) is 0. The van der Waals surface area contributed by atoms with Crippen molar-refractivity contribution in [1.82, 2.24) is 4.90 Å². The van der Waals surface area contributed by atoms with Gasteiger partial charge in [-0.2, -0.15) is 0 Å². The highest BCUT2D eigenvalue weighted by atomic mass is 15.2. The maximum Gasteiger partial charge on any atom is 0.00412 e. The predicted octanol–water partition coefficient (Wildman–Crippen LogP) is 7.59. The second-order valence-electron chi connectivity index (χ2n) is 8.02. The van der Waals surface area contributed by atoms with Crippen molar-refractivity contribution in [1.29, 1.82) is 0 Å². The summed E-state index contributed by atoms with van der Waals surface area (Å²) >= 11 is 0. The third-order valence-electron chi connectivity index (χ3n) is 5.10. The normalized spacial score (nSPS) is 12.0. The Morgan fingerprint density at radius 3 is 1.09 bits per heavy atom. The van der Waals surface area contributed by atoms with Crippen LogP contribution in [0.3, 0.4) is 0 Å². The Hall–Kier alpha value is -0.0400. The molecule has 0 heterocycles. The fourth-order valence-electron chi connectivity index (χ4n) is 3.60. The van der Waals surface area contributed by atoms with E-state index in [4.69, 9.17) is 0 Å². The molecule has 140 valence electrons. The monoisotopic (exact) mass is 325 g/mol. The number of unbranched alkanes of at least 4 members (excludes halogenated alkanes) is 13. The zero-order valence-corrected chi connectivity index (χ0v) is 17.2. The first kappa shape index (κ1) is 23.0. The standard InChI is InChI=1S/C22H47N/c1-6-7-8-9-10-11-12-13-14-15-16-17-18-19-20-23(21(2)3)22(4)5/h21-22H,6-20H2,1-5H3. The molecule has 0 aromatic rings. The van der Waals surface area contributed by atoms with Crippen LogP contribution in [-0.2, 0) is 0 Å². The first-order valence-electron chi connectivity index (χ1n) is 10.8. The first-order chi connectivity index (χ1) is 11.1. The molecule has 0 fully saturated rings. The van der Waals surface area contributed by atoms with E-state index in [9.17, 15) is 0 Å². The van der Waals surface area contributed by atoms with Crippen LogP contribution in [0.15, 0.2) is 0 Å². The summed E-state index contributed by atoms with van der Waals surface area (Å²) in [5.74, 6) is 0. The summed E-state index contributed by atoms with van der Waals surface area (Å²) in [6.07, 6.45) is 20.3. The molecule has 0 N–H and O–H groups in total. The van der Waals surface area contributed by atoms with E-state index in [0.717, 1.165) is 0 Å². The smallest absolute Gasteiger partial charge is 0.00412 e. The lowest BCUT2D eigenvalue weighted by Crippen LogP contribution is -2.37. The van der Waals surface area contributed by atoms with Gasteiger partial charge in [-0.25, -0.2) is 0 Å². The van der Waals surface area contributed by atoms with Crippen LogP contribution < -0.4 is 0 Å². The van der Waals surface area contributed by atoms with Crippen LogP contribution in [0.25, 0.3) is 0 Å². The molecule has 0 aliphatic heterocycles. The topological polar surface area (TPSA) is 3.24 Å². The van der Waals surface area contributed by atoms with E-state index in [1.165, 1.54) is 96.4 Å². The minimum atomic E-state index is 0.692. The Balaban J connectivity index is 3.21. The molecule has 0 aliphatic carbocycles. The Morgan fingerprint density at radius 2 is 0.783 bits per heavy atom. The number of rotatable bonds is 17. The minimum Gasteiger partial charge on any atom is -0.299 e. The quantitative estimate of drug-likeness (QED) is 0.249. The van der Waals surface area contributed by atoms with Crippen molar-refractivity contribution in [2.24, 2.45) is 0 Å². The number of hydrogen-bond acceptors (Lipinski definition) is 1. The summed E-state index contributed by atoms with van der Waals surface area (Å²) in [4.78, 5) is 2.63. The molecule has 0 unspecified atom stereocenters. The number of nitrogens with zero attached hydrogens (tertiary/aromatic N) is 1. The largest absolute Gasteiger partial charge is 0.299 e. The van der Waals surface area contributed by atoms with Crippen LogP contribution in [0.4, 0.5) is 0 Å². The minimum absolute atomic E-state index is 0.692. The zero-order chi connectivity index (χ0) is 17.3. The van der Waals surface area contributed by atoms with Gasteiger partial charge in [-0.3, -0.25) is 4.90 Å². The molecule has 1 heteroatoms. The Bertz CT molecular complexity index is 214. The summed E-state index contributed by atoms with van der Waals surface area (Å²) in [5.41, 5.74) is 0. The van der Waals surface area contributed by atoms with Crippen molar-refractivity contribution in [3.63, 3.8) is 0 Å². The molecule has 0 saturated heterocycles. The SMILES string of the molecule is CCCCCCCCCCCCCCCCN(C(C)C)C(C)C. The van der Waals surface area contributed by atoms with Crippen LogP contribution in [0.1, 0.15) is 125 Å². The predicted molar refractivity (Wildman–Crippen MR) is 107 cm³/mol. The molecule has 1 nitrogen and oxygen atoms in total. The molecule has 0 aliphatic rings. The molecule has 0 aromatic carbocycles. The molecule has 0 spiro atoms. The lowest BCUT2D eigenvalue weighted by Gasteiger charge is -2.30. The van der Waals surface area contributed by atoms with Crippen molar-refractivity contribution in [3.8, 4) is 0 Å². The summed E-state index contributed by atoms with van der Waals surface area (Å²) in [7, 11) is 0. The van der Waals surface area contributed by atoms with Gasteiger partial charge in [0.1, 0.15) is 0 Å². The Kier molecular flexibility index (Phi) is 16.8. The highest BCUT2D eigenvalue weighted by Crippen LogP contribution is 2.14. The molecule has 0 atom stereocenters. The van der Waals surface area contributed by atoms with Gasteiger partial charge in [-0.1, -0.05) is 90.4 Å². The maximum atomic E-state index is 2.63. The van der Waals surface area contributed by atoms with E-state index in [0.29, 0.717) is 12.1 Å². The maximum absolute atomic E-state index is 2.63. The lowest BCUT2D eigenvalue weighted by molar-refractivity contribution is 0.171. The van der Waals surface area contributed by atoms with Gasteiger partial charge < -0.3 is 0 Å². The van der Waals surface area contributed by atoms with E-state index >= 15 is 0 Å². The van der Waals surface area contributed by atoms with E-state index in [-0.39, 0.29) is 0 Å². The first-order valence-corrected chi connectivity index (χ1v) is 10.8.